The molecule has 3 rings (SSSR count). The van der Waals surface area contributed by atoms with Crippen molar-refractivity contribution in [3.05, 3.63) is 53.6 Å². The third-order valence-corrected chi connectivity index (χ3v) is 7.27. The maximum Gasteiger partial charge on any atom is 0.245 e. The number of primary amides is 1. The first-order valence-electron chi connectivity index (χ1n) is 11.9. The summed E-state index contributed by atoms with van der Waals surface area (Å²) in [5, 5.41) is 3.36. The molecule has 0 spiro atoms. The Kier molecular flexibility index (Phi) is 9.09. The molecule has 0 fully saturated rings. The summed E-state index contributed by atoms with van der Waals surface area (Å²) in [5.74, 6) is -1.06. The smallest absolute Gasteiger partial charge is 0.245 e. The summed E-state index contributed by atoms with van der Waals surface area (Å²) in [7, 11) is 0. The van der Waals surface area contributed by atoms with E-state index in [4.69, 9.17) is 11.5 Å². The van der Waals surface area contributed by atoms with Crippen LogP contribution in [-0.4, -0.2) is 68.6 Å². The lowest BCUT2D eigenvalue weighted by molar-refractivity contribution is -0.147. The molecule has 1 aromatic carbocycles. The Balaban J connectivity index is 1.89. The van der Waals surface area contributed by atoms with Crippen LogP contribution in [0.2, 0.25) is 0 Å². The minimum absolute atomic E-state index is 0.0209. The number of nitrogens with two attached hydrogens (primary N) is 2. The van der Waals surface area contributed by atoms with Gasteiger partial charge in [-0.2, -0.15) is 11.8 Å². The number of aromatic nitrogens is 2. The summed E-state index contributed by atoms with van der Waals surface area (Å²) < 4.78 is 0. The number of aromatic amines is 1. The summed E-state index contributed by atoms with van der Waals surface area (Å²) in [6, 6.07) is 6.36. The molecule has 0 saturated carbocycles. The fourth-order valence-corrected chi connectivity index (χ4v) is 5.01. The largest absolute Gasteiger partial charge is 0.368 e. The molecule has 1 aliphatic rings. The molecule has 2 heterocycles. The number of hydrogen-bond acceptors (Lipinski definition) is 7. The van der Waals surface area contributed by atoms with Crippen molar-refractivity contribution in [1.82, 2.24) is 20.2 Å². The predicted octanol–water partition coefficient (Wildman–Crippen LogP) is 1.02. The summed E-state index contributed by atoms with van der Waals surface area (Å²) in [5.41, 5.74) is 13.1. The van der Waals surface area contributed by atoms with Crippen molar-refractivity contribution in [1.29, 1.82) is 0 Å². The molecular weight excluding hydrogens is 464 g/mol. The number of thioether (sulfide) groups is 1. The van der Waals surface area contributed by atoms with E-state index in [-0.39, 0.29) is 24.8 Å². The van der Waals surface area contributed by atoms with Crippen LogP contribution in [0.15, 0.2) is 36.8 Å². The molecule has 0 bridgehead atoms. The van der Waals surface area contributed by atoms with Crippen molar-refractivity contribution in [2.75, 3.05) is 18.6 Å². The lowest BCUT2D eigenvalue weighted by atomic mass is 9.81. The van der Waals surface area contributed by atoms with Gasteiger partial charge in [-0.05, 0) is 35.5 Å². The van der Waals surface area contributed by atoms with Crippen LogP contribution in [0.25, 0.3) is 0 Å². The van der Waals surface area contributed by atoms with Gasteiger partial charge in [-0.1, -0.05) is 38.1 Å². The first kappa shape index (κ1) is 26.9. The quantitative estimate of drug-likeness (QED) is 0.318. The van der Waals surface area contributed by atoms with Gasteiger partial charge in [0, 0.05) is 37.8 Å². The molecule has 10 heteroatoms. The van der Waals surface area contributed by atoms with E-state index in [0.717, 1.165) is 16.8 Å². The SMILES string of the molecule is CSCCC(N)(C(N)=O)C(=O)C1Cc2ccccc2CN1C(=O)[C@@H](NCCc1cnc[nH]1)C(C)C. The number of amides is 2. The van der Waals surface area contributed by atoms with Gasteiger partial charge in [-0.15, -0.1) is 0 Å². The van der Waals surface area contributed by atoms with Crippen molar-refractivity contribution in [2.24, 2.45) is 17.4 Å². The summed E-state index contributed by atoms with van der Waals surface area (Å²) in [6.45, 7) is 4.77. The number of H-pyrrole nitrogens is 1. The highest BCUT2D eigenvalue weighted by molar-refractivity contribution is 7.98. The lowest BCUT2D eigenvalue weighted by Crippen LogP contribution is -2.66. The molecule has 0 radical (unpaired) electrons. The van der Waals surface area contributed by atoms with Crippen LogP contribution in [-0.2, 0) is 33.8 Å². The number of carbonyl (C=O) groups excluding carboxylic acids is 3. The van der Waals surface area contributed by atoms with Crippen LogP contribution in [0.3, 0.4) is 0 Å². The van der Waals surface area contributed by atoms with E-state index in [0.29, 0.717) is 25.1 Å². The Morgan fingerprint density at radius 1 is 1.29 bits per heavy atom. The normalized spacial score (nSPS) is 18.1. The number of Topliss-reactive ketones (excluding diaryl/α,β-unsaturated/α-hetero) is 1. The number of nitrogens with zero attached hydrogens (tertiary/aromatic N) is 2. The highest BCUT2D eigenvalue weighted by atomic mass is 32.2. The molecule has 0 saturated heterocycles. The van der Waals surface area contributed by atoms with E-state index in [1.807, 2.05) is 44.4 Å². The Hall–Kier alpha value is -2.69. The van der Waals surface area contributed by atoms with Gasteiger partial charge >= 0.3 is 0 Å². The minimum atomic E-state index is -1.83. The third-order valence-electron chi connectivity index (χ3n) is 6.66. The number of hydrogen-bond donors (Lipinski definition) is 4. The van der Waals surface area contributed by atoms with Crippen molar-refractivity contribution < 1.29 is 14.4 Å². The Bertz CT molecular complexity index is 1030. The first-order valence-corrected chi connectivity index (χ1v) is 13.3. The van der Waals surface area contributed by atoms with Crippen LogP contribution in [0.5, 0.6) is 0 Å². The van der Waals surface area contributed by atoms with Crippen LogP contribution < -0.4 is 16.8 Å². The lowest BCUT2D eigenvalue weighted by Gasteiger charge is -2.41. The summed E-state index contributed by atoms with van der Waals surface area (Å²) in [4.78, 5) is 48.7. The van der Waals surface area contributed by atoms with Crippen molar-refractivity contribution in [3.63, 3.8) is 0 Å². The molecule has 6 N–H and O–H groups in total. The highest BCUT2D eigenvalue weighted by Crippen LogP contribution is 2.28. The molecule has 2 aromatic rings. The van der Waals surface area contributed by atoms with Gasteiger partial charge in [0.15, 0.2) is 11.3 Å². The van der Waals surface area contributed by atoms with E-state index in [1.165, 1.54) is 11.8 Å². The molecule has 1 aliphatic heterocycles. The Morgan fingerprint density at radius 2 is 2.00 bits per heavy atom. The van der Waals surface area contributed by atoms with Crippen LogP contribution in [0.1, 0.15) is 37.1 Å². The summed E-state index contributed by atoms with van der Waals surface area (Å²) in [6.07, 6.45) is 6.36. The monoisotopic (exact) mass is 500 g/mol. The van der Waals surface area contributed by atoms with E-state index in [9.17, 15) is 14.4 Å². The molecule has 190 valence electrons. The number of imidazole rings is 1. The molecule has 0 aliphatic carbocycles. The van der Waals surface area contributed by atoms with Crippen molar-refractivity contribution >= 4 is 29.4 Å². The second-order valence-electron chi connectivity index (χ2n) is 9.40. The zero-order chi connectivity index (χ0) is 25.6. The van der Waals surface area contributed by atoms with Gasteiger partial charge in [0.2, 0.25) is 11.8 Å². The van der Waals surface area contributed by atoms with E-state index in [1.54, 1.807) is 17.4 Å². The maximum atomic E-state index is 13.9. The van der Waals surface area contributed by atoms with Gasteiger partial charge in [0.25, 0.3) is 0 Å². The molecule has 3 atom stereocenters. The van der Waals surface area contributed by atoms with Crippen LogP contribution in [0, 0.1) is 5.92 Å². The zero-order valence-corrected chi connectivity index (χ0v) is 21.4. The van der Waals surface area contributed by atoms with Gasteiger partial charge in [-0.25, -0.2) is 4.98 Å². The van der Waals surface area contributed by atoms with Gasteiger partial charge in [0.05, 0.1) is 18.4 Å². The zero-order valence-electron chi connectivity index (χ0n) is 20.6. The number of benzene rings is 1. The predicted molar refractivity (Wildman–Crippen MR) is 138 cm³/mol. The highest BCUT2D eigenvalue weighted by Gasteiger charge is 2.48. The van der Waals surface area contributed by atoms with Crippen molar-refractivity contribution in [3.8, 4) is 0 Å². The number of rotatable bonds is 12. The molecule has 1 aromatic heterocycles. The fraction of sp³-hybridized carbons (Fsp3) is 0.520. The molecule has 9 nitrogen and oxygen atoms in total. The van der Waals surface area contributed by atoms with E-state index < -0.39 is 29.3 Å². The van der Waals surface area contributed by atoms with Gasteiger partial charge in [-0.3, -0.25) is 14.4 Å². The molecular formula is C25H36N6O3S. The van der Waals surface area contributed by atoms with Crippen molar-refractivity contribution in [2.45, 2.75) is 57.3 Å². The van der Waals surface area contributed by atoms with E-state index in [2.05, 4.69) is 15.3 Å². The molecule has 35 heavy (non-hydrogen) atoms. The molecule has 2 unspecified atom stereocenters. The van der Waals surface area contributed by atoms with Gasteiger partial charge < -0.3 is 26.7 Å². The Labute approximate surface area is 210 Å². The van der Waals surface area contributed by atoms with E-state index >= 15 is 0 Å². The fourth-order valence-electron chi connectivity index (χ4n) is 4.49. The minimum Gasteiger partial charge on any atom is -0.368 e. The average molecular weight is 501 g/mol. The maximum absolute atomic E-state index is 13.9. The second kappa shape index (κ2) is 11.8. The summed E-state index contributed by atoms with van der Waals surface area (Å²) >= 11 is 1.48. The molecule has 2 amide bonds. The topological polar surface area (TPSA) is 147 Å². The number of carbonyl (C=O) groups is 3. The second-order valence-corrected chi connectivity index (χ2v) is 10.4. The van der Waals surface area contributed by atoms with Gasteiger partial charge in [0.1, 0.15) is 0 Å². The number of ketones is 1. The standard InChI is InChI=1S/C25H36N6O3S/c1-16(2)21(29-10-8-19-13-28-15-30-19)23(33)31-14-18-7-5-4-6-17(18)12-20(31)22(32)25(27,24(26)34)9-11-35-3/h4-7,13,15-16,20-21,29H,8-12,14,27H2,1-3H3,(H2,26,34)(H,28,30)/t20?,21-,25?/m0/s1. The Morgan fingerprint density at radius 3 is 2.60 bits per heavy atom. The first-order chi connectivity index (χ1) is 16.7. The number of nitrogens with one attached hydrogen (secondary N) is 2. The van der Waals surface area contributed by atoms with Crippen LogP contribution in [0.4, 0.5) is 0 Å². The number of fused-ring (bicyclic) bond motifs is 1. The van der Waals surface area contributed by atoms with Crippen LogP contribution >= 0.6 is 11.8 Å². The third kappa shape index (κ3) is 6.12. The average Bonchev–Trinajstić information content (AvgIpc) is 3.36.